The molecule has 9 heteroatoms. The highest BCUT2D eigenvalue weighted by atomic mass is 127. The van der Waals surface area contributed by atoms with Gasteiger partial charge in [-0.2, -0.15) is 4.37 Å². The van der Waals surface area contributed by atoms with E-state index in [1.165, 1.54) is 24.4 Å². The lowest BCUT2D eigenvalue weighted by Gasteiger charge is -2.36. The van der Waals surface area contributed by atoms with E-state index >= 15 is 0 Å². The van der Waals surface area contributed by atoms with Crippen LogP contribution in [0.5, 0.6) is 0 Å². The van der Waals surface area contributed by atoms with Gasteiger partial charge in [-0.15, -0.1) is 24.0 Å². The molecular formula is C18H33IN6OS. The van der Waals surface area contributed by atoms with Crippen LogP contribution < -0.4 is 10.2 Å². The van der Waals surface area contributed by atoms with Crippen LogP contribution in [0.1, 0.15) is 38.9 Å². The second kappa shape index (κ2) is 10.8. The van der Waals surface area contributed by atoms with E-state index in [2.05, 4.69) is 43.3 Å². The molecule has 0 aromatic carbocycles. The summed E-state index contributed by atoms with van der Waals surface area (Å²) in [5.41, 5.74) is 0.427. The summed E-state index contributed by atoms with van der Waals surface area (Å²) in [6.07, 6.45) is 4.65. The van der Waals surface area contributed by atoms with Crippen LogP contribution in [0.25, 0.3) is 0 Å². The van der Waals surface area contributed by atoms with Crippen molar-refractivity contribution in [2.75, 3.05) is 57.9 Å². The Labute approximate surface area is 184 Å². The molecule has 7 nitrogen and oxygen atoms in total. The van der Waals surface area contributed by atoms with Gasteiger partial charge in [0.25, 0.3) is 0 Å². The van der Waals surface area contributed by atoms with Crippen LogP contribution in [-0.2, 0) is 11.2 Å². The highest BCUT2D eigenvalue weighted by molar-refractivity contribution is 14.0. The molecule has 3 rings (SSSR count). The molecule has 0 atom stereocenters. The average molecular weight is 508 g/mol. The molecule has 154 valence electrons. The standard InChI is InChI=1S/C18H32N6OS.HI/c1-4-15-21-17(26-22-15)24-11-9-23(10-12-24)16(19-3)20-14-18(6-7-18)8-13-25-5-2;/h4-14H2,1-3H3,(H,19,20);1H. The Morgan fingerprint density at radius 3 is 2.56 bits per heavy atom. The summed E-state index contributed by atoms with van der Waals surface area (Å²) in [5, 5.41) is 4.67. The van der Waals surface area contributed by atoms with Crippen LogP contribution in [0, 0.1) is 5.41 Å². The molecular weight excluding hydrogens is 475 g/mol. The lowest BCUT2D eigenvalue weighted by Crippen LogP contribution is -2.53. The Hall–Kier alpha value is -0.680. The first-order valence-electron chi connectivity index (χ1n) is 9.80. The predicted octanol–water partition coefficient (Wildman–Crippen LogP) is 2.62. The maximum Gasteiger partial charge on any atom is 0.205 e. The smallest absolute Gasteiger partial charge is 0.205 e. The molecule has 0 radical (unpaired) electrons. The summed E-state index contributed by atoms with van der Waals surface area (Å²) >= 11 is 1.52. The minimum atomic E-state index is 0. The minimum Gasteiger partial charge on any atom is -0.382 e. The summed E-state index contributed by atoms with van der Waals surface area (Å²) in [7, 11) is 1.88. The molecule has 27 heavy (non-hydrogen) atoms. The van der Waals surface area contributed by atoms with Gasteiger partial charge in [0.05, 0.1) is 0 Å². The first-order valence-corrected chi connectivity index (χ1v) is 10.6. The number of nitrogens with one attached hydrogen (secondary N) is 1. The van der Waals surface area contributed by atoms with Gasteiger partial charge in [-0.25, -0.2) is 4.98 Å². The monoisotopic (exact) mass is 508 g/mol. The molecule has 2 aliphatic rings. The Kier molecular flexibility index (Phi) is 9.00. The van der Waals surface area contributed by atoms with E-state index in [-0.39, 0.29) is 24.0 Å². The Morgan fingerprint density at radius 2 is 2.00 bits per heavy atom. The normalized spacial score (nSPS) is 19.0. The molecule has 2 heterocycles. The van der Waals surface area contributed by atoms with Gasteiger partial charge >= 0.3 is 0 Å². The number of ether oxygens (including phenoxy) is 1. The molecule has 1 aliphatic heterocycles. The SMILES string of the molecule is CCOCCC1(CNC(=NC)N2CCN(c3nc(CC)ns3)CC2)CC1.I. The van der Waals surface area contributed by atoms with Gasteiger partial charge in [0.1, 0.15) is 5.82 Å². The molecule has 1 saturated heterocycles. The lowest BCUT2D eigenvalue weighted by atomic mass is 10.0. The van der Waals surface area contributed by atoms with Crippen LogP contribution in [0.2, 0.25) is 0 Å². The number of nitrogens with zero attached hydrogens (tertiary/aromatic N) is 5. The molecule has 0 bridgehead atoms. The van der Waals surface area contributed by atoms with Crippen LogP contribution in [-0.4, -0.2) is 73.2 Å². The second-order valence-electron chi connectivity index (χ2n) is 7.17. The van der Waals surface area contributed by atoms with Crippen molar-refractivity contribution in [3.8, 4) is 0 Å². The van der Waals surface area contributed by atoms with E-state index in [9.17, 15) is 0 Å². The molecule has 1 saturated carbocycles. The molecule has 0 unspecified atom stereocenters. The van der Waals surface area contributed by atoms with E-state index < -0.39 is 0 Å². The van der Waals surface area contributed by atoms with E-state index in [1.807, 2.05) is 7.05 Å². The average Bonchev–Trinajstić information content (AvgIpc) is 3.27. The third kappa shape index (κ3) is 6.15. The Morgan fingerprint density at radius 1 is 1.26 bits per heavy atom. The zero-order chi connectivity index (χ0) is 18.4. The number of rotatable bonds is 8. The summed E-state index contributed by atoms with van der Waals surface area (Å²) in [4.78, 5) is 13.8. The fraction of sp³-hybridized carbons (Fsp3) is 0.833. The molecule has 1 N–H and O–H groups in total. The first-order chi connectivity index (χ1) is 12.7. The molecule has 1 aromatic rings. The van der Waals surface area contributed by atoms with Gasteiger partial charge < -0.3 is 19.9 Å². The number of hydrogen-bond donors (Lipinski definition) is 1. The van der Waals surface area contributed by atoms with Gasteiger partial charge in [-0.1, -0.05) is 6.92 Å². The molecule has 1 aromatic heterocycles. The summed E-state index contributed by atoms with van der Waals surface area (Å²) in [6, 6.07) is 0. The molecule has 0 amide bonds. The van der Waals surface area contributed by atoms with Crippen molar-refractivity contribution in [3.63, 3.8) is 0 Å². The summed E-state index contributed by atoms with van der Waals surface area (Å²) < 4.78 is 9.94. The van der Waals surface area contributed by atoms with Crippen molar-refractivity contribution in [3.05, 3.63) is 5.82 Å². The number of guanidine groups is 1. The maximum absolute atomic E-state index is 5.54. The zero-order valence-electron chi connectivity index (χ0n) is 16.7. The number of hydrogen-bond acceptors (Lipinski definition) is 6. The van der Waals surface area contributed by atoms with Crippen molar-refractivity contribution in [1.82, 2.24) is 19.6 Å². The second-order valence-corrected chi connectivity index (χ2v) is 7.90. The molecule has 1 aliphatic carbocycles. The topological polar surface area (TPSA) is 65.9 Å². The highest BCUT2D eigenvalue weighted by Crippen LogP contribution is 2.48. The Balaban J connectivity index is 0.00000261. The lowest BCUT2D eigenvalue weighted by molar-refractivity contribution is 0.128. The fourth-order valence-electron chi connectivity index (χ4n) is 3.35. The van der Waals surface area contributed by atoms with E-state index in [1.54, 1.807) is 0 Å². The predicted molar refractivity (Wildman–Crippen MR) is 123 cm³/mol. The number of halogens is 1. The quantitative estimate of drug-likeness (QED) is 0.252. The highest BCUT2D eigenvalue weighted by Gasteiger charge is 2.42. The summed E-state index contributed by atoms with van der Waals surface area (Å²) in [6.45, 7) is 10.7. The largest absolute Gasteiger partial charge is 0.382 e. The van der Waals surface area contributed by atoms with Crippen LogP contribution in [0.4, 0.5) is 5.13 Å². The summed E-state index contributed by atoms with van der Waals surface area (Å²) in [5.74, 6) is 1.98. The third-order valence-corrected chi connectivity index (χ3v) is 6.21. The minimum absolute atomic E-state index is 0. The van der Waals surface area contributed by atoms with Crippen LogP contribution in [0.15, 0.2) is 4.99 Å². The van der Waals surface area contributed by atoms with Crippen molar-refractivity contribution in [2.45, 2.75) is 39.5 Å². The van der Waals surface area contributed by atoms with Gasteiger partial charge in [-0.05, 0) is 31.6 Å². The van der Waals surface area contributed by atoms with E-state index in [0.717, 1.165) is 75.7 Å². The van der Waals surface area contributed by atoms with E-state index in [4.69, 9.17) is 4.74 Å². The van der Waals surface area contributed by atoms with Gasteiger partial charge in [0.15, 0.2) is 5.96 Å². The van der Waals surface area contributed by atoms with Crippen LogP contribution >= 0.6 is 35.5 Å². The van der Waals surface area contributed by atoms with Crippen molar-refractivity contribution in [2.24, 2.45) is 10.4 Å². The maximum atomic E-state index is 5.54. The van der Waals surface area contributed by atoms with E-state index in [0.29, 0.717) is 5.41 Å². The number of piperazine rings is 1. The van der Waals surface area contributed by atoms with Gasteiger partial charge in [0.2, 0.25) is 5.13 Å². The molecule has 2 fully saturated rings. The zero-order valence-corrected chi connectivity index (χ0v) is 19.9. The third-order valence-electron chi connectivity index (χ3n) is 5.39. The van der Waals surface area contributed by atoms with Gasteiger partial charge in [0, 0.05) is 70.9 Å². The van der Waals surface area contributed by atoms with Crippen molar-refractivity contribution in [1.29, 1.82) is 0 Å². The molecule has 0 spiro atoms. The first kappa shape index (κ1) is 22.6. The fourth-order valence-corrected chi connectivity index (χ4v) is 4.15. The Bertz CT molecular complexity index is 598. The number of anilines is 1. The number of aliphatic imine (C=N–C) groups is 1. The van der Waals surface area contributed by atoms with Crippen molar-refractivity contribution >= 4 is 46.6 Å². The number of aromatic nitrogens is 2. The van der Waals surface area contributed by atoms with Crippen molar-refractivity contribution < 1.29 is 4.74 Å². The number of aryl methyl sites for hydroxylation is 1. The van der Waals surface area contributed by atoms with Gasteiger partial charge in [-0.3, -0.25) is 4.99 Å². The van der Waals surface area contributed by atoms with Crippen LogP contribution in [0.3, 0.4) is 0 Å².